The average Bonchev–Trinajstić information content (AvgIpc) is 1.68. The van der Waals surface area contributed by atoms with E-state index in [0.717, 1.165) is 96.5 Å². The molecule has 572 valence electrons. The molecule has 24 heteroatoms. The van der Waals surface area contributed by atoms with E-state index >= 15 is 0 Å². The second-order valence-corrected chi connectivity index (χ2v) is 26.8. The summed E-state index contributed by atoms with van der Waals surface area (Å²) < 4.78 is 0. The first-order valence-electron chi connectivity index (χ1n) is 35.9. The van der Waals surface area contributed by atoms with Gasteiger partial charge in [-0.05, 0) is 187 Å². The molecule has 3 aliphatic rings. The molecule has 0 saturated carbocycles. The van der Waals surface area contributed by atoms with E-state index in [1.807, 2.05) is 41.3 Å². The standard InChI is InChI=1S/C17H17NO2.C16H19NO2.2C14H19NO2.C12H16N2O2.C11H11N3O4S/c19-16-10-8-15(9-11-16)17(20)13-18-12-4-7-14-5-2-1-3-6-14;1-12-3-2-4-13(9-12)10-17-11-16(19)14-5-7-15(18)8-6-14;2*16-13-8-6-11(7-9-13)14(17)10-15-12-4-2-1-3-5-12;15-11-4-2-10(3-5-11)12(16)8-14-7-1-6-13-9-14;15-8-3-1-7(2-4-8)9(16)5-12-11-13-6-10(19-11)14(17)18/h1-3,5-6,8-11,17-20H,12-13H2;2-9,16-19H,10-11H2,1H3;2,4,6-9,12,14-17H,1,3,5,10H2;1-2,6-9,12,14-17H,3-5,10H2;2-5,9,12,15-16H,1,6-8H2;1-4,6,9,15-16H,5H2,(H,12,13). The number of nitro groups is 1. The summed E-state index contributed by atoms with van der Waals surface area (Å²) in [6.07, 6.45) is 16.0. The number of aliphatic imine (C=N–C) groups is 1. The Bertz CT molecular complexity index is 4170. The number of nitrogens with one attached hydrogen (secondary N) is 5. The van der Waals surface area contributed by atoms with Crippen LogP contribution in [0.5, 0.6) is 34.5 Å². The largest absolute Gasteiger partial charge is 0.508 e. The van der Waals surface area contributed by atoms with Gasteiger partial charge in [0.15, 0.2) is 5.13 Å². The molecule has 23 nitrogen and oxygen atoms in total. The Labute approximate surface area is 635 Å². The van der Waals surface area contributed by atoms with Crippen molar-refractivity contribution in [2.45, 2.75) is 107 Å². The van der Waals surface area contributed by atoms with Crippen LogP contribution in [0.2, 0.25) is 0 Å². The molecule has 0 saturated heterocycles. The van der Waals surface area contributed by atoms with Crippen LogP contribution in [0, 0.1) is 28.9 Å². The number of aliphatic hydroxyl groups is 6. The fourth-order valence-electron chi connectivity index (χ4n) is 11.1. The van der Waals surface area contributed by atoms with Gasteiger partial charge in [-0.25, -0.2) is 4.98 Å². The second-order valence-electron chi connectivity index (χ2n) is 25.8. The summed E-state index contributed by atoms with van der Waals surface area (Å²) in [5.74, 6) is 7.25. The van der Waals surface area contributed by atoms with Gasteiger partial charge in [0.25, 0.3) is 0 Å². The lowest BCUT2D eigenvalue weighted by atomic mass is 10.0. The van der Waals surface area contributed by atoms with E-state index in [4.69, 9.17) is 20.4 Å². The van der Waals surface area contributed by atoms with E-state index in [-0.39, 0.29) is 46.0 Å². The Morgan fingerprint density at radius 1 is 0.537 bits per heavy atom. The van der Waals surface area contributed by atoms with Crippen LogP contribution in [0.25, 0.3) is 0 Å². The number of hydrogen-bond acceptors (Lipinski definition) is 23. The first kappa shape index (κ1) is 84.8. The fourth-order valence-corrected chi connectivity index (χ4v) is 11.7. The van der Waals surface area contributed by atoms with Crippen molar-refractivity contribution in [2.75, 3.05) is 64.2 Å². The SMILES string of the molecule is Cc1cccc(CNCC(O)c2ccc(O)cc2)c1.O=[N+]([O-])c1cnc(NCC(O)c2ccc(O)cc2)s1.Oc1ccc(C(O)CN2C=NCCC2)cc1.Oc1ccc(C(O)CNC2C=CCCC2)cc1.Oc1ccc(C(O)CNC2CC=CCC2)cc1.Oc1ccc(C(O)CNCC#Cc2ccccc2)cc1. The van der Waals surface area contributed by atoms with Gasteiger partial charge in [0.2, 0.25) is 0 Å². The molecule has 8 unspecified atom stereocenters. The minimum Gasteiger partial charge on any atom is -0.508 e. The van der Waals surface area contributed by atoms with Crippen LogP contribution in [0.15, 0.2) is 236 Å². The molecule has 17 N–H and O–H groups in total. The van der Waals surface area contributed by atoms with Crippen molar-refractivity contribution in [3.05, 3.63) is 291 Å². The lowest BCUT2D eigenvalue weighted by Gasteiger charge is -2.25. The molecule has 108 heavy (non-hydrogen) atoms. The number of anilines is 1. The van der Waals surface area contributed by atoms with Crippen molar-refractivity contribution in [3.8, 4) is 46.3 Å². The second kappa shape index (κ2) is 47.2. The highest BCUT2D eigenvalue weighted by molar-refractivity contribution is 7.18. The Balaban J connectivity index is 0.000000181. The Kier molecular flexibility index (Phi) is 37.1. The molecule has 1 aromatic heterocycles. The topological polar surface area (TPSA) is 375 Å². The van der Waals surface area contributed by atoms with Crippen molar-refractivity contribution in [3.63, 3.8) is 0 Å². The maximum atomic E-state index is 10.5. The number of aromatic hydroxyl groups is 6. The quantitative estimate of drug-likeness (QED) is 0.00831. The third-order valence-electron chi connectivity index (χ3n) is 17.2. The predicted octanol–water partition coefficient (Wildman–Crippen LogP) is 11.9. The number of aliphatic hydroxyl groups excluding tert-OH is 6. The minimum absolute atomic E-state index is 0.0541. The molecule has 8 aromatic carbocycles. The maximum absolute atomic E-state index is 10.5. The normalized spacial score (nSPS) is 15.7. The van der Waals surface area contributed by atoms with Gasteiger partial charge in [0.1, 0.15) is 40.7 Å². The summed E-state index contributed by atoms with van der Waals surface area (Å²) in [6.45, 7) is 7.87. The minimum atomic E-state index is -0.788. The summed E-state index contributed by atoms with van der Waals surface area (Å²) >= 11 is 0.908. The van der Waals surface area contributed by atoms with E-state index in [2.05, 4.69) is 97.8 Å². The molecule has 9 aromatic rings. The Hall–Kier alpha value is -10.5. The number of benzene rings is 8. The van der Waals surface area contributed by atoms with Crippen LogP contribution < -0.4 is 26.6 Å². The van der Waals surface area contributed by atoms with Crippen LogP contribution in [-0.2, 0) is 6.54 Å². The summed E-state index contributed by atoms with van der Waals surface area (Å²) in [4.78, 5) is 20.0. The van der Waals surface area contributed by atoms with E-state index in [1.54, 1.807) is 140 Å². The number of β-amino-alcohol motifs (C(OH)–C–C–N with tert-alkyl or cyclic N) is 1. The summed E-state index contributed by atoms with van der Waals surface area (Å²) in [5.41, 5.74) is 8.11. The zero-order chi connectivity index (χ0) is 77.3. The van der Waals surface area contributed by atoms with E-state index in [0.29, 0.717) is 62.0 Å². The molecule has 2 heterocycles. The Morgan fingerprint density at radius 2 is 1.03 bits per heavy atom. The average molecular weight is 1490 g/mol. The molecular weight excluding hydrogens is 1390 g/mol. The van der Waals surface area contributed by atoms with Crippen molar-refractivity contribution < 1.29 is 66.2 Å². The fraction of sp³-hybridized carbons (Fsp3) is 0.310. The highest BCUT2D eigenvalue weighted by atomic mass is 32.1. The highest BCUT2D eigenvalue weighted by Gasteiger charge is 2.18. The van der Waals surface area contributed by atoms with Gasteiger partial charge in [-0.15, -0.1) is 0 Å². The van der Waals surface area contributed by atoms with E-state index < -0.39 is 41.5 Å². The number of rotatable bonds is 25. The van der Waals surface area contributed by atoms with Crippen LogP contribution >= 0.6 is 11.3 Å². The molecule has 8 atom stereocenters. The summed E-state index contributed by atoms with van der Waals surface area (Å²) in [5, 5.41) is 141. The van der Waals surface area contributed by atoms with Gasteiger partial charge < -0.3 is 92.8 Å². The van der Waals surface area contributed by atoms with Crippen LogP contribution in [0.1, 0.15) is 132 Å². The van der Waals surface area contributed by atoms with Gasteiger partial charge in [0, 0.05) is 76.5 Å². The van der Waals surface area contributed by atoms with Gasteiger partial charge in [-0.3, -0.25) is 15.1 Å². The maximum Gasteiger partial charge on any atom is 0.345 e. The first-order chi connectivity index (χ1) is 52.2. The molecular formula is C84H101N9O14S. The number of phenols is 6. The number of allylic oxidation sites excluding steroid dienone is 2. The molecule has 0 radical (unpaired) electrons. The number of nitrogens with zero attached hydrogens (tertiary/aromatic N) is 4. The van der Waals surface area contributed by atoms with Gasteiger partial charge in [-0.1, -0.05) is 157 Å². The number of aryl methyl sites for hydroxylation is 1. The molecule has 1 aliphatic heterocycles. The first-order valence-corrected chi connectivity index (χ1v) is 36.7. The van der Waals surface area contributed by atoms with Gasteiger partial charge in [0.05, 0.1) is 54.4 Å². The van der Waals surface area contributed by atoms with Crippen molar-refractivity contribution in [2.24, 2.45) is 4.99 Å². The lowest BCUT2D eigenvalue weighted by Crippen LogP contribution is -2.33. The third-order valence-corrected chi connectivity index (χ3v) is 18.1. The monoisotopic (exact) mass is 1490 g/mol. The number of phenolic OH excluding ortho intramolecular Hbond substituents is 6. The predicted molar refractivity (Wildman–Crippen MR) is 424 cm³/mol. The zero-order valence-electron chi connectivity index (χ0n) is 60.5. The highest BCUT2D eigenvalue weighted by Crippen LogP contribution is 2.27. The van der Waals surface area contributed by atoms with Crippen molar-refractivity contribution in [1.29, 1.82) is 0 Å². The number of hydrogen-bond donors (Lipinski definition) is 17. The van der Waals surface area contributed by atoms with Crippen LogP contribution in [-0.4, -0.2) is 153 Å². The number of aromatic nitrogens is 1. The zero-order valence-corrected chi connectivity index (χ0v) is 61.4. The van der Waals surface area contributed by atoms with Gasteiger partial charge in [-0.2, -0.15) is 0 Å². The summed E-state index contributed by atoms with van der Waals surface area (Å²) in [7, 11) is 0. The van der Waals surface area contributed by atoms with Crippen molar-refractivity contribution in [1.82, 2.24) is 31.2 Å². The molecule has 0 spiro atoms. The van der Waals surface area contributed by atoms with Crippen LogP contribution in [0.3, 0.4) is 0 Å². The van der Waals surface area contributed by atoms with E-state index in [1.165, 1.54) is 42.3 Å². The van der Waals surface area contributed by atoms with Crippen molar-refractivity contribution >= 4 is 27.8 Å². The van der Waals surface area contributed by atoms with Crippen LogP contribution in [0.4, 0.5) is 10.1 Å². The molecule has 0 fully saturated rings. The van der Waals surface area contributed by atoms with E-state index in [9.17, 15) is 51.0 Å². The summed E-state index contributed by atoms with van der Waals surface area (Å²) in [6, 6.07) is 58.3. The molecule has 2 aliphatic carbocycles. The number of thiazole rings is 1. The molecule has 0 bridgehead atoms. The third kappa shape index (κ3) is 32.7. The Morgan fingerprint density at radius 3 is 1.48 bits per heavy atom. The smallest absolute Gasteiger partial charge is 0.345 e. The molecule has 12 rings (SSSR count). The van der Waals surface area contributed by atoms with Gasteiger partial charge >= 0.3 is 5.00 Å². The molecule has 0 amide bonds. The lowest BCUT2D eigenvalue weighted by molar-refractivity contribution is -0.380.